The number of primary amides is 1. The number of piperazine rings is 1. The molecule has 2 aliphatic rings. The third-order valence-corrected chi connectivity index (χ3v) is 5.73. The van der Waals surface area contributed by atoms with Crippen molar-refractivity contribution in [2.75, 3.05) is 61.4 Å². The number of amides is 1. The third-order valence-electron chi connectivity index (χ3n) is 5.73. The summed E-state index contributed by atoms with van der Waals surface area (Å²) in [5.41, 5.74) is 6.60. The minimum atomic E-state index is -0.676. The number of nitrogens with two attached hydrogens (primary N) is 1. The van der Waals surface area contributed by atoms with Crippen LogP contribution in [-0.4, -0.2) is 67.1 Å². The van der Waals surface area contributed by atoms with Gasteiger partial charge in [-0.25, -0.2) is 14.4 Å². The number of carbonyl (C=O) groups excluding carboxylic acids is 1. The first-order chi connectivity index (χ1) is 14.5. The van der Waals surface area contributed by atoms with Gasteiger partial charge in [-0.15, -0.1) is 0 Å². The average molecular weight is 414 g/mol. The zero-order valence-corrected chi connectivity index (χ0v) is 17.3. The van der Waals surface area contributed by atoms with Crippen LogP contribution in [0.15, 0.2) is 24.4 Å². The van der Waals surface area contributed by atoms with Gasteiger partial charge in [0.15, 0.2) is 11.5 Å². The lowest BCUT2D eigenvalue weighted by Crippen LogP contribution is -2.44. The van der Waals surface area contributed by atoms with E-state index < -0.39 is 5.91 Å². The SMILES string of the molecule is CN1CCN(c2ccc(Nc3nc(N4CCCCC4)cnc3C(N)=O)cc2F)CC1. The Balaban J connectivity index is 1.56. The summed E-state index contributed by atoms with van der Waals surface area (Å²) < 4.78 is 14.8. The molecule has 0 unspecified atom stereocenters. The number of carbonyl (C=O) groups is 1. The Morgan fingerprint density at radius 1 is 1.07 bits per heavy atom. The van der Waals surface area contributed by atoms with Gasteiger partial charge in [0.05, 0.1) is 11.9 Å². The molecule has 0 aliphatic carbocycles. The van der Waals surface area contributed by atoms with Crippen molar-refractivity contribution in [3.63, 3.8) is 0 Å². The molecule has 0 saturated carbocycles. The first-order valence-electron chi connectivity index (χ1n) is 10.4. The van der Waals surface area contributed by atoms with Gasteiger partial charge < -0.3 is 25.8 Å². The molecule has 0 bridgehead atoms. The Morgan fingerprint density at radius 3 is 2.47 bits per heavy atom. The summed E-state index contributed by atoms with van der Waals surface area (Å²) in [5, 5.41) is 3.04. The standard InChI is InChI=1S/C21H28FN7O/c1-27-9-11-28(12-10-27)17-6-5-15(13-16(17)22)25-21-19(20(23)30)24-14-18(26-21)29-7-3-2-4-8-29/h5-6,13-14H,2-4,7-12H2,1H3,(H2,23,30)(H,25,26). The van der Waals surface area contributed by atoms with E-state index >= 15 is 0 Å². The summed E-state index contributed by atoms with van der Waals surface area (Å²) in [6, 6.07) is 4.97. The van der Waals surface area contributed by atoms with Crippen LogP contribution < -0.4 is 20.9 Å². The number of rotatable bonds is 5. The smallest absolute Gasteiger partial charge is 0.271 e. The fraction of sp³-hybridized carbons (Fsp3) is 0.476. The van der Waals surface area contributed by atoms with Crippen molar-refractivity contribution < 1.29 is 9.18 Å². The van der Waals surface area contributed by atoms with Gasteiger partial charge in [-0.1, -0.05) is 0 Å². The first kappa shape index (κ1) is 20.3. The van der Waals surface area contributed by atoms with E-state index in [0.29, 0.717) is 17.2 Å². The van der Waals surface area contributed by atoms with Crippen molar-refractivity contribution in [2.24, 2.45) is 5.73 Å². The van der Waals surface area contributed by atoms with E-state index in [1.807, 2.05) is 4.90 Å². The lowest BCUT2D eigenvalue weighted by atomic mass is 10.1. The van der Waals surface area contributed by atoms with E-state index in [-0.39, 0.29) is 17.3 Å². The number of halogens is 1. The lowest BCUT2D eigenvalue weighted by Gasteiger charge is -2.34. The molecule has 3 heterocycles. The molecule has 160 valence electrons. The Labute approximate surface area is 175 Å². The second-order valence-corrected chi connectivity index (χ2v) is 7.92. The van der Waals surface area contributed by atoms with Gasteiger partial charge in [-0.2, -0.15) is 0 Å². The number of hydrogen-bond donors (Lipinski definition) is 2. The Morgan fingerprint density at radius 2 is 1.80 bits per heavy atom. The van der Waals surface area contributed by atoms with E-state index in [2.05, 4.69) is 32.1 Å². The quantitative estimate of drug-likeness (QED) is 0.777. The van der Waals surface area contributed by atoms with Crippen LogP contribution in [0.2, 0.25) is 0 Å². The number of hydrogen-bond acceptors (Lipinski definition) is 7. The molecule has 2 fully saturated rings. The maximum Gasteiger partial charge on any atom is 0.271 e. The van der Waals surface area contributed by atoms with Crippen molar-refractivity contribution in [3.8, 4) is 0 Å². The van der Waals surface area contributed by atoms with Crippen molar-refractivity contribution in [1.29, 1.82) is 0 Å². The van der Waals surface area contributed by atoms with Gasteiger partial charge in [0.25, 0.3) is 5.91 Å². The minimum Gasteiger partial charge on any atom is -0.367 e. The van der Waals surface area contributed by atoms with Crippen LogP contribution >= 0.6 is 0 Å². The zero-order chi connectivity index (χ0) is 21.1. The highest BCUT2D eigenvalue weighted by Crippen LogP contribution is 2.27. The summed E-state index contributed by atoms with van der Waals surface area (Å²) in [5.74, 6) is -0.0518. The van der Waals surface area contributed by atoms with E-state index in [1.54, 1.807) is 18.3 Å². The molecule has 0 atom stereocenters. The number of nitrogens with zero attached hydrogens (tertiary/aromatic N) is 5. The van der Waals surface area contributed by atoms with Crippen LogP contribution in [-0.2, 0) is 0 Å². The molecule has 2 saturated heterocycles. The van der Waals surface area contributed by atoms with Crippen molar-refractivity contribution >= 4 is 28.9 Å². The molecular weight excluding hydrogens is 385 g/mol. The molecule has 1 aromatic carbocycles. The number of piperidine rings is 1. The van der Waals surface area contributed by atoms with E-state index in [0.717, 1.165) is 52.1 Å². The Kier molecular flexibility index (Phi) is 5.98. The van der Waals surface area contributed by atoms with Gasteiger partial charge in [0.2, 0.25) is 0 Å². The summed E-state index contributed by atoms with van der Waals surface area (Å²) in [4.78, 5) is 27.0. The monoisotopic (exact) mass is 413 g/mol. The van der Waals surface area contributed by atoms with E-state index in [4.69, 9.17) is 5.73 Å². The van der Waals surface area contributed by atoms with Gasteiger partial charge in [-0.05, 0) is 44.5 Å². The van der Waals surface area contributed by atoms with Gasteiger partial charge >= 0.3 is 0 Å². The van der Waals surface area contributed by atoms with Crippen LogP contribution in [0.4, 0.5) is 27.4 Å². The number of nitrogens with one attached hydrogen (secondary N) is 1. The summed E-state index contributed by atoms with van der Waals surface area (Å²) in [6.45, 7) is 5.18. The van der Waals surface area contributed by atoms with Gasteiger partial charge in [-0.3, -0.25) is 4.79 Å². The molecule has 1 aromatic heterocycles. The van der Waals surface area contributed by atoms with Gasteiger partial charge in [0, 0.05) is 45.0 Å². The van der Waals surface area contributed by atoms with Crippen LogP contribution in [0.1, 0.15) is 29.8 Å². The fourth-order valence-corrected chi connectivity index (χ4v) is 3.95. The fourth-order valence-electron chi connectivity index (χ4n) is 3.95. The number of likely N-dealkylation sites (N-methyl/N-ethyl adjacent to an activating group) is 1. The minimum absolute atomic E-state index is 0.0410. The lowest BCUT2D eigenvalue weighted by molar-refractivity contribution is 0.0996. The molecule has 2 aromatic rings. The topological polar surface area (TPSA) is 90.6 Å². The highest BCUT2D eigenvalue weighted by Gasteiger charge is 2.20. The molecule has 2 aliphatic heterocycles. The molecule has 8 nitrogen and oxygen atoms in total. The molecule has 4 rings (SSSR count). The van der Waals surface area contributed by atoms with Crippen LogP contribution in [0.5, 0.6) is 0 Å². The highest BCUT2D eigenvalue weighted by molar-refractivity contribution is 5.96. The first-order valence-corrected chi connectivity index (χ1v) is 10.4. The van der Waals surface area contributed by atoms with Crippen molar-refractivity contribution in [1.82, 2.24) is 14.9 Å². The van der Waals surface area contributed by atoms with Crippen molar-refractivity contribution in [3.05, 3.63) is 35.9 Å². The number of aromatic nitrogens is 2. The van der Waals surface area contributed by atoms with Crippen LogP contribution in [0, 0.1) is 5.82 Å². The predicted octanol–water partition coefficient (Wildman–Crippen LogP) is 2.20. The second-order valence-electron chi connectivity index (χ2n) is 7.92. The highest BCUT2D eigenvalue weighted by atomic mass is 19.1. The molecule has 1 amide bonds. The summed E-state index contributed by atoms with van der Waals surface area (Å²) >= 11 is 0. The average Bonchev–Trinajstić information content (AvgIpc) is 2.75. The molecule has 0 spiro atoms. The molecule has 3 N–H and O–H groups in total. The van der Waals surface area contributed by atoms with E-state index in [9.17, 15) is 9.18 Å². The third kappa shape index (κ3) is 4.46. The normalized spacial score (nSPS) is 17.8. The second kappa shape index (κ2) is 8.83. The Hall–Kier alpha value is -2.94. The largest absolute Gasteiger partial charge is 0.367 e. The molecule has 0 radical (unpaired) electrons. The van der Waals surface area contributed by atoms with Crippen molar-refractivity contribution in [2.45, 2.75) is 19.3 Å². The molecular formula is C21H28FN7O. The maximum atomic E-state index is 14.8. The summed E-state index contributed by atoms with van der Waals surface area (Å²) in [6.07, 6.45) is 4.98. The number of benzene rings is 1. The maximum absolute atomic E-state index is 14.8. The Bertz CT molecular complexity index is 908. The molecule has 9 heteroatoms. The number of anilines is 4. The van der Waals surface area contributed by atoms with Crippen LogP contribution in [0.3, 0.4) is 0 Å². The van der Waals surface area contributed by atoms with E-state index in [1.165, 1.54) is 12.5 Å². The van der Waals surface area contributed by atoms with Gasteiger partial charge in [0.1, 0.15) is 11.6 Å². The summed E-state index contributed by atoms with van der Waals surface area (Å²) in [7, 11) is 2.07. The zero-order valence-electron chi connectivity index (χ0n) is 17.3. The van der Waals surface area contributed by atoms with Crippen LogP contribution in [0.25, 0.3) is 0 Å². The predicted molar refractivity (Wildman–Crippen MR) is 116 cm³/mol. The molecule has 30 heavy (non-hydrogen) atoms.